The van der Waals surface area contributed by atoms with Crippen LogP contribution < -0.4 is 5.32 Å². The Bertz CT molecular complexity index is 1470. The van der Waals surface area contributed by atoms with Crippen LogP contribution >= 0.6 is 11.6 Å². The molecule has 0 unspecified atom stereocenters. The molecule has 0 aliphatic carbocycles. The summed E-state index contributed by atoms with van der Waals surface area (Å²) in [5.74, 6) is -0.598. The quantitative estimate of drug-likeness (QED) is 0.406. The van der Waals surface area contributed by atoms with E-state index in [1.807, 2.05) is 30.3 Å². The minimum Gasteiger partial charge on any atom is -0.358 e. The summed E-state index contributed by atoms with van der Waals surface area (Å²) in [6, 6.07) is 14.2. The normalized spacial score (nSPS) is 11.2. The Morgan fingerprint density at radius 2 is 1.97 bits per heavy atom. The van der Waals surface area contributed by atoms with Gasteiger partial charge in [0.15, 0.2) is 0 Å². The Labute approximate surface area is 187 Å². The van der Waals surface area contributed by atoms with Gasteiger partial charge in [0.05, 0.1) is 34.5 Å². The number of hydrogen-bond donors (Lipinski definition) is 2. The Balaban J connectivity index is 1.29. The van der Waals surface area contributed by atoms with E-state index in [9.17, 15) is 9.18 Å². The first-order valence-corrected chi connectivity index (χ1v) is 10.3. The number of H-pyrrole nitrogens is 1. The third-order valence-corrected chi connectivity index (χ3v) is 5.43. The number of halogens is 2. The van der Waals surface area contributed by atoms with Crippen molar-refractivity contribution < 1.29 is 9.18 Å². The van der Waals surface area contributed by atoms with Gasteiger partial charge in [-0.2, -0.15) is 0 Å². The number of fused-ring (bicyclic) bond motifs is 2. The molecule has 1 aromatic carbocycles. The average molecular weight is 446 g/mol. The highest BCUT2D eigenvalue weighted by molar-refractivity contribution is 6.35. The zero-order chi connectivity index (χ0) is 22.1. The zero-order valence-electron chi connectivity index (χ0n) is 16.8. The molecule has 0 spiro atoms. The standard InChI is InChI=1S/C24H17ClFN5O/c25-20-13-29-22-4-2-18(31-23(20)22)12-30-24(32)15-5-6-27-19(10-15)8-14-1-3-21-16(7-14)9-17(26)11-28-21/h1-7,9-11,13,29H,8,12H2,(H,30,32). The number of benzene rings is 1. The van der Waals surface area contributed by atoms with E-state index in [0.717, 1.165) is 27.7 Å². The van der Waals surface area contributed by atoms with Crippen LogP contribution in [0.1, 0.15) is 27.3 Å². The summed E-state index contributed by atoms with van der Waals surface area (Å²) in [5.41, 5.74) is 5.15. The second kappa shape index (κ2) is 8.36. The Kier molecular flexibility index (Phi) is 5.25. The van der Waals surface area contributed by atoms with Crippen LogP contribution in [0.2, 0.25) is 5.02 Å². The van der Waals surface area contributed by atoms with Crippen LogP contribution in [0.3, 0.4) is 0 Å². The summed E-state index contributed by atoms with van der Waals surface area (Å²) in [6.07, 6.45) is 5.00. The van der Waals surface area contributed by atoms with Crippen LogP contribution in [-0.2, 0) is 13.0 Å². The molecule has 6 nitrogen and oxygen atoms in total. The van der Waals surface area contributed by atoms with Crippen molar-refractivity contribution in [2.75, 3.05) is 0 Å². The van der Waals surface area contributed by atoms with Gasteiger partial charge < -0.3 is 10.3 Å². The molecular formula is C24H17ClFN5O. The fourth-order valence-corrected chi connectivity index (χ4v) is 3.77. The van der Waals surface area contributed by atoms with Gasteiger partial charge in [-0.3, -0.25) is 14.8 Å². The molecule has 5 rings (SSSR count). The number of nitrogens with zero attached hydrogens (tertiary/aromatic N) is 3. The van der Waals surface area contributed by atoms with Gasteiger partial charge >= 0.3 is 0 Å². The predicted molar refractivity (Wildman–Crippen MR) is 121 cm³/mol. The summed E-state index contributed by atoms with van der Waals surface area (Å²) in [5, 5.41) is 4.15. The lowest BCUT2D eigenvalue weighted by Crippen LogP contribution is -2.23. The van der Waals surface area contributed by atoms with E-state index in [4.69, 9.17) is 11.6 Å². The number of pyridine rings is 3. The topological polar surface area (TPSA) is 83.6 Å². The van der Waals surface area contributed by atoms with Crippen LogP contribution in [0.25, 0.3) is 21.9 Å². The molecule has 1 amide bonds. The van der Waals surface area contributed by atoms with E-state index in [1.54, 1.807) is 24.5 Å². The van der Waals surface area contributed by atoms with Gasteiger partial charge in [0.2, 0.25) is 0 Å². The minimum atomic E-state index is -0.376. The van der Waals surface area contributed by atoms with Gasteiger partial charge in [0.1, 0.15) is 11.3 Å². The summed E-state index contributed by atoms with van der Waals surface area (Å²) in [7, 11) is 0. The van der Waals surface area contributed by atoms with Gasteiger partial charge in [-0.05, 0) is 48.0 Å². The van der Waals surface area contributed by atoms with Crippen molar-refractivity contribution in [2.45, 2.75) is 13.0 Å². The molecule has 0 fully saturated rings. The van der Waals surface area contributed by atoms with Gasteiger partial charge in [-0.1, -0.05) is 17.7 Å². The first-order chi connectivity index (χ1) is 15.5. The minimum absolute atomic E-state index is 0.222. The van der Waals surface area contributed by atoms with E-state index in [2.05, 4.69) is 25.3 Å². The van der Waals surface area contributed by atoms with Crippen LogP contribution in [0.4, 0.5) is 4.39 Å². The van der Waals surface area contributed by atoms with Gasteiger partial charge in [0.25, 0.3) is 5.91 Å². The SMILES string of the molecule is O=C(NCc1ccc2[nH]cc(Cl)c2n1)c1ccnc(Cc2ccc3ncc(F)cc3c2)c1. The molecule has 2 N–H and O–H groups in total. The molecule has 158 valence electrons. The molecule has 8 heteroatoms. The summed E-state index contributed by atoms with van der Waals surface area (Å²) in [4.78, 5) is 28.6. The fraction of sp³-hybridized carbons (Fsp3) is 0.0833. The molecule has 0 saturated heterocycles. The molecule has 0 radical (unpaired) electrons. The smallest absolute Gasteiger partial charge is 0.251 e. The number of carbonyl (C=O) groups is 1. The van der Waals surface area contributed by atoms with Crippen molar-refractivity contribution >= 4 is 39.4 Å². The number of amides is 1. The fourth-order valence-electron chi connectivity index (χ4n) is 3.57. The highest BCUT2D eigenvalue weighted by Crippen LogP contribution is 2.21. The number of aromatic nitrogens is 4. The average Bonchev–Trinajstić information content (AvgIpc) is 3.17. The number of hydrogen-bond acceptors (Lipinski definition) is 4. The lowest BCUT2D eigenvalue weighted by molar-refractivity contribution is 0.0950. The van der Waals surface area contributed by atoms with Crippen molar-refractivity contribution in [2.24, 2.45) is 0 Å². The molecule has 0 aliphatic heterocycles. The molecule has 5 aromatic rings. The maximum Gasteiger partial charge on any atom is 0.251 e. The molecule has 4 heterocycles. The number of carbonyl (C=O) groups excluding carboxylic acids is 1. The van der Waals surface area contributed by atoms with E-state index in [1.165, 1.54) is 12.3 Å². The second-order valence-corrected chi connectivity index (χ2v) is 7.82. The van der Waals surface area contributed by atoms with Crippen LogP contribution in [0, 0.1) is 5.82 Å². The van der Waals surface area contributed by atoms with Crippen LogP contribution in [-0.4, -0.2) is 25.8 Å². The van der Waals surface area contributed by atoms with Crippen LogP contribution in [0.5, 0.6) is 0 Å². The zero-order valence-corrected chi connectivity index (χ0v) is 17.5. The largest absolute Gasteiger partial charge is 0.358 e. The van der Waals surface area contributed by atoms with Gasteiger partial charge in [-0.25, -0.2) is 9.37 Å². The summed E-state index contributed by atoms with van der Waals surface area (Å²) >= 11 is 6.12. The lowest BCUT2D eigenvalue weighted by Gasteiger charge is -2.08. The predicted octanol–water partition coefficient (Wildman–Crippen LogP) is 4.82. The lowest BCUT2D eigenvalue weighted by atomic mass is 10.0. The van der Waals surface area contributed by atoms with Crippen molar-refractivity contribution in [3.8, 4) is 0 Å². The third-order valence-electron chi connectivity index (χ3n) is 5.14. The van der Waals surface area contributed by atoms with Crippen LogP contribution in [0.15, 0.2) is 67.1 Å². The monoisotopic (exact) mass is 445 g/mol. The molecule has 0 saturated carbocycles. The van der Waals surface area contributed by atoms with Crippen molar-refractivity contribution in [1.29, 1.82) is 0 Å². The first kappa shape index (κ1) is 20.1. The summed E-state index contributed by atoms with van der Waals surface area (Å²) < 4.78 is 13.5. The molecule has 0 aliphatic rings. The van der Waals surface area contributed by atoms with E-state index in [0.29, 0.717) is 28.2 Å². The number of rotatable bonds is 5. The summed E-state index contributed by atoms with van der Waals surface area (Å²) in [6.45, 7) is 0.275. The Hall–Kier alpha value is -3.84. The highest BCUT2D eigenvalue weighted by Gasteiger charge is 2.10. The third kappa shape index (κ3) is 4.15. The van der Waals surface area contributed by atoms with E-state index in [-0.39, 0.29) is 18.3 Å². The molecule has 32 heavy (non-hydrogen) atoms. The first-order valence-electron chi connectivity index (χ1n) is 9.95. The van der Waals surface area contributed by atoms with Gasteiger partial charge in [0, 0.05) is 35.5 Å². The molecular weight excluding hydrogens is 429 g/mol. The van der Waals surface area contributed by atoms with E-state index < -0.39 is 0 Å². The molecule has 0 atom stereocenters. The molecule has 0 bridgehead atoms. The van der Waals surface area contributed by atoms with Crippen molar-refractivity contribution in [1.82, 2.24) is 25.3 Å². The molecule has 4 aromatic heterocycles. The maximum absolute atomic E-state index is 13.5. The van der Waals surface area contributed by atoms with Crippen molar-refractivity contribution in [3.05, 3.63) is 100 Å². The maximum atomic E-state index is 13.5. The number of aromatic amines is 1. The Morgan fingerprint density at radius 3 is 2.88 bits per heavy atom. The van der Waals surface area contributed by atoms with Gasteiger partial charge in [-0.15, -0.1) is 0 Å². The second-order valence-electron chi connectivity index (χ2n) is 7.41. The van der Waals surface area contributed by atoms with E-state index >= 15 is 0 Å². The number of nitrogens with one attached hydrogen (secondary N) is 2. The highest BCUT2D eigenvalue weighted by atomic mass is 35.5. The van der Waals surface area contributed by atoms with Crippen molar-refractivity contribution in [3.63, 3.8) is 0 Å². The Morgan fingerprint density at radius 1 is 1.06 bits per heavy atom.